The Hall–Kier alpha value is -1.80. The van der Waals surface area contributed by atoms with Gasteiger partial charge in [-0.05, 0) is 36.6 Å². The van der Waals surface area contributed by atoms with Gasteiger partial charge in [0.1, 0.15) is 6.54 Å². The van der Waals surface area contributed by atoms with Crippen molar-refractivity contribution in [3.8, 4) is 0 Å². The average molecular weight is 515 g/mol. The molecule has 5 nitrogen and oxygen atoms in total. The minimum absolute atomic E-state index is 0. The molecule has 0 saturated heterocycles. The number of benzene rings is 2. The number of rotatable bonds is 7. The van der Waals surface area contributed by atoms with Crippen LogP contribution in [0.3, 0.4) is 0 Å². The third-order valence-corrected chi connectivity index (χ3v) is 4.40. The highest BCUT2D eigenvalue weighted by atomic mass is 127. The molecule has 28 heavy (non-hydrogen) atoms. The lowest BCUT2D eigenvalue weighted by atomic mass is 10.1. The summed E-state index contributed by atoms with van der Waals surface area (Å²) in [5.74, 6) is 0.580. The maximum absolute atomic E-state index is 11.9. The first kappa shape index (κ1) is 24.2. The van der Waals surface area contributed by atoms with E-state index in [4.69, 9.17) is 11.6 Å². The highest BCUT2D eigenvalue weighted by molar-refractivity contribution is 14.0. The van der Waals surface area contributed by atoms with Crippen molar-refractivity contribution in [2.75, 3.05) is 27.2 Å². The second kappa shape index (κ2) is 12.6. The largest absolute Gasteiger partial charge is 0.356 e. The molecule has 1 atom stereocenters. The standard InChI is InChI=1S/C21H27ClN4O.HI/c1-16(18-7-5-4-6-8-18)25-21(24-15-20(27)26(2)3)23-14-13-17-9-11-19(22)12-10-17;/h4-12,16H,13-15H2,1-3H3,(H2,23,24,25);1H. The molecule has 0 spiro atoms. The molecule has 152 valence electrons. The van der Waals surface area contributed by atoms with Crippen LogP contribution in [0.4, 0.5) is 0 Å². The molecule has 1 unspecified atom stereocenters. The first-order valence-corrected chi connectivity index (χ1v) is 9.38. The molecule has 0 bridgehead atoms. The Morgan fingerprint density at radius 1 is 1.11 bits per heavy atom. The van der Waals surface area contributed by atoms with Crippen LogP contribution >= 0.6 is 35.6 Å². The Morgan fingerprint density at radius 3 is 2.36 bits per heavy atom. The number of hydrogen-bond donors (Lipinski definition) is 2. The average Bonchev–Trinajstić information content (AvgIpc) is 2.67. The minimum atomic E-state index is -0.0406. The Morgan fingerprint density at radius 2 is 1.75 bits per heavy atom. The minimum Gasteiger partial charge on any atom is -0.356 e. The highest BCUT2D eigenvalue weighted by Crippen LogP contribution is 2.11. The highest BCUT2D eigenvalue weighted by Gasteiger charge is 2.09. The van der Waals surface area contributed by atoms with Gasteiger partial charge in [-0.15, -0.1) is 24.0 Å². The van der Waals surface area contributed by atoms with E-state index >= 15 is 0 Å². The third-order valence-electron chi connectivity index (χ3n) is 4.14. The zero-order valence-electron chi connectivity index (χ0n) is 16.5. The molecular formula is C21H28ClIN4O. The van der Waals surface area contributed by atoms with Gasteiger partial charge in [-0.25, -0.2) is 4.99 Å². The zero-order valence-corrected chi connectivity index (χ0v) is 19.6. The maximum Gasteiger partial charge on any atom is 0.243 e. The van der Waals surface area contributed by atoms with E-state index < -0.39 is 0 Å². The van der Waals surface area contributed by atoms with Crippen LogP contribution in [0.2, 0.25) is 5.02 Å². The van der Waals surface area contributed by atoms with Crippen LogP contribution in [-0.2, 0) is 11.2 Å². The summed E-state index contributed by atoms with van der Waals surface area (Å²) in [7, 11) is 3.46. The molecule has 0 radical (unpaired) electrons. The van der Waals surface area contributed by atoms with Crippen molar-refractivity contribution in [3.63, 3.8) is 0 Å². The van der Waals surface area contributed by atoms with Gasteiger partial charge in [0, 0.05) is 25.7 Å². The molecule has 0 saturated carbocycles. The fourth-order valence-electron chi connectivity index (χ4n) is 2.45. The SMILES string of the molecule is CC(NC(=NCC(=O)N(C)C)NCCc1ccc(Cl)cc1)c1ccccc1.I. The van der Waals surface area contributed by atoms with Crippen molar-refractivity contribution in [1.82, 2.24) is 15.5 Å². The molecule has 2 N–H and O–H groups in total. The van der Waals surface area contributed by atoms with Gasteiger partial charge in [0.15, 0.2) is 5.96 Å². The monoisotopic (exact) mass is 514 g/mol. The van der Waals surface area contributed by atoms with Crippen molar-refractivity contribution in [2.45, 2.75) is 19.4 Å². The van der Waals surface area contributed by atoms with Crippen LogP contribution < -0.4 is 10.6 Å². The molecule has 2 aromatic rings. The number of nitrogens with zero attached hydrogens (tertiary/aromatic N) is 2. The zero-order chi connectivity index (χ0) is 19.6. The molecule has 2 rings (SSSR count). The summed E-state index contributed by atoms with van der Waals surface area (Å²) < 4.78 is 0. The molecule has 0 aromatic heterocycles. The molecule has 0 aliphatic rings. The van der Waals surface area contributed by atoms with Crippen LogP contribution in [-0.4, -0.2) is 44.0 Å². The van der Waals surface area contributed by atoms with Crippen LogP contribution in [0.5, 0.6) is 0 Å². The van der Waals surface area contributed by atoms with Gasteiger partial charge in [-0.2, -0.15) is 0 Å². The Labute approximate surface area is 189 Å². The summed E-state index contributed by atoms with van der Waals surface area (Å²) in [6.45, 7) is 2.87. The molecule has 1 amide bonds. The van der Waals surface area contributed by atoms with E-state index in [2.05, 4.69) is 34.7 Å². The second-order valence-corrected chi connectivity index (χ2v) is 6.97. The number of amides is 1. The Bertz CT molecular complexity index is 751. The van der Waals surface area contributed by atoms with E-state index in [9.17, 15) is 4.79 Å². The number of aliphatic imine (C=N–C) groups is 1. The maximum atomic E-state index is 11.9. The van der Waals surface area contributed by atoms with E-state index in [1.807, 2.05) is 42.5 Å². The summed E-state index contributed by atoms with van der Waals surface area (Å²) in [6, 6.07) is 18.0. The van der Waals surface area contributed by atoms with E-state index in [-0.39, 0.29) is 42.5 Å². The summed E-state index contributed by atoms with van der Waals surface area (Å²) in [4.78, 5) is 17.9. The Kier molecular flexibility index (Phi) is 10.9. The molecular weight excluding hydrogens is 487 g/mol. The summed E-state index contributed by atoms with van der Waals surface area (Å²) in [5, 5.41) is 7.41. The molecule has 0 heterocycles. The van der Waals surface area contributed by atoms with Crippen molar-refractivity contribution < 1.29 is 4.79 Å². The number of hydrogen-bond acceptors (Lipinski definition) is 2. The van der Waals surface area contributed by atoms with Gasteiger partial charge in [0.05, 0.1) is 6.04 Å². The van der Waals surface area contributed by atoms with Crippen LogP contribution in [0.15, 0.2) is 59.6 Å². The molecule has 0 aliphatic heterocycles. The van der Waals surface area contributed by atoms with Gasteiger partial charge < -0.3 is 15.5 Å². The number of carbonyl (C=O) groups is 1. The molecule has 0 aliphatic carbocycles. The first-order valence-electron chi connectivity index (χ1n) is 9.00. The lowest BCUT2D eigenvalue weighted by molar-refractivity contribution is -0.127. The van der Waals surface area contributed by atoms with Crippen LogP contribution in [0.1, 0.15) is 24.1 Å². The van der Waals surface area contributed by atoms with Crippen molar-refractivity contribution in [3.05, 3.63) is 70.7 Å². The van der Waals surface area contributed by atoms with Crippen molar-refractivity contribution in [2.24, 2.45) is 4.99 Å². The molecule has 7 heteroatoms. The van der Waals surface area contributed by atoms with Crippen LogP contribution in [0, 0.1) is 0 Å². The topological polar surface area (TPSA) is 56.7 Å². The predicted octanol–water partition coefficient (Wildman–Crippen LogP) is 3.89. The fourth-order valence-corrected chi connectivity index (χ4v) is 2.57. The predicted molar refractivity (Wildman–Crippen MR) is 128 cm³/mol. The van der Waals surface area contributed by atoms with Gasteiger partial charge in [-0.1, -0.05) is 54.1 Å². The number of nitrogens with one attached hydrogen (secondary N) is 2. The lowest BCUT2D eigenvalue weighted by Gasteiger charge is -2.19. The summed E-state index contributed by atoms with van der Waals surface area (Å²) in [6.07, 6.45) is 0.833. The van der Waals surface area contributed by atoms with E-state index in [0.717, 1.165) is 17.0 Å². The number of guanidine groups is 1. The second-order valence-electron chi connectivity index (χ2n) is 6.53. The normalized spacial score (nSPS) is 11.9. The number of carbonyl (C=O) groups excluding carboxylic acids is 1. The van der Waals surface area contributed by atoms with Gasteiger partial charge >= 0.3 is 0 Å². The van der Waals surface area contributed by atoms with Crippen molar-refractivity contribution in [1.29, 1.82) is 0 Å². The fraction of sp³-hybridized carbons (Fsp3) is 0.333. The van der Waals surface area contributed by atoms with Gasteiger partial charge in [-0.3, -0.25) is 4.79 Å². The number of likely N-dealkylation sites (N-methyl/N-ethyl adjacent to an activating group) is 1. The lowest BCUT2D eigenvalue weighted by Crippen LogP contribution is -2.40. The van der Waals surface area contributed by atoms with Crippen molar-refractivity contribution >= 4 is 47.4 Å². The number of halogens is 2. The molecule has 0 fully saturated rings. The quantitative estimate of drug-likeness (QED) is 0.335. The smallest absolute Gasteiger partial charge is 0.243 e. The summed E-state index contributed by atoms with van der Waals surface area (Å²) >= 11 is 5.93. The first-order chi connectivity index (χ1) is 13.0. The van der Waals surface area contributed by atoms with Gasteiger partial charge in [0.25, 0.3) is 0 Å². The Balaban J connectivity index is 0.00000392. The van der Waals surface area contributed by atoms with E-state index in [1.54, 1.807) is 14.1 Å². The van der Waals surface area contributed by atoms with Crippen LogP contribution in [0.25, 0.3) is 0 Å². The van der Waals surface area contributed by atoms with Gasteiger partial charge in [0.2, 0.25) is 5.91 Å². The molecule has 2 aromatic carbocycles. The van der Waals surface area contributed by atoms with E-state index in [0.29, 0.717) is 12.5 Å². The van der Waals surface area contributed by atoms with E-state index in [1.165, 1.54) is 10.5 Å². The summed E-state index contributed by atoms with van der Waals surface area (Å²) in [5.41, 5.74) is 2.34. The third kappa shape index (κ3) is 8.48.